The van der Waals surface area contributed by atoms with Crippen molar-refractivity contribution in [3.63, 3.8) is 0 Å². The predicted octanol–water partition coefficient (Wildman–Crippen LogP) is 7.17. The van der Waals surface area contributed by atoms with Crippen LogP contribution in [0.25, 0.3) is 10.9 Å². The molecule has 0 saturated heterocycles. The molecule has 0 aliphatic rings. The lowest BCUT2D eigenvalue weighted by atomic mass is 9.91. The molecular weight excluding hydrogens is 492 g/mol. The van der Waals surface area contributed by atoms with Gasteiger partial charge >= 0.3 is 5.97 Å². The Hall–Kier alpha value is -3.97. The third-order valence-electron chi connectivity index (χ3n) is 7.14. The molecule has 0 radical (unpaired) electrons. The van der Waals surface area contributed by atoms with Crippen molar-refractivity contribution in [1.29, 1.82) is 0 Å². The lowest BCUT2D eigenvalue weighted by Gasteiger charge is -2.22. The molecule has 7 nitrogen and oxygen atoms in total. The van der Waals surface area contributed by atoms with E-state index >= 15 is 0 Å². The number of rotatable bonds is 9. The number of hydrogen-bond acceptors (Lipinski definition) is 7. The fourth-order valence-electron chi connectivity index (χ4n) is 4.96. The van der Waals surface area contributed by atoms with Crippen LogP contribution in [0.15, 0.2) is 36.4 Å². The van der Waals surface area contributed by atoms with Gasteiger partial charge in [-0.2, -0.15) is 4.98 Å². The number of methoxy groups -OCH3 is 1. The van der Waals surface area contributed by atoms with Crippen LogP contribution in [0.4, 0.5) is 0 Å². The molecule has 0 aliphatic carbocycles. The van der Waals surface area contributed by atoms with Crippen molar-refractivity contribution < 1.29 is 23.7 Å². The Morgan fingerprint density at radius 3 is 2.28 bits per heavy atom. The first-order valence-electron chi connectivity index (χ1n) is 13.1. The maximum absolute atomic E-state index is 12.8. The molecule has 39 heavy (non-hydrogen) atoms. The summed E-state index contributed by atoms with van der Waals surface area (Å²) in [5, 5.41) is 0.838. The predicted molar refractivity (Wildman–Crippen MR) is 152 cm³/mol. The molecule has 7 heteroatoms. The van der Waals surface area contributed by atoms with Gasteiger partial charge in [-0.15, -0.1) is 0 Å². The summed E-state index contributed by atoms with van der Waals surface area (Å²) in [6, 6.07) is 12.1. The van der Waals surface area contributed by atoms with Gasteiger partial charge in [0.25, 0.3) is 0 Å². The van der Waals surface area contributed by atoms with Gasteiger partial charge < -0.3 is 18.9 Å². The lowest BCUT2D eigenvalue weighted by Crippen LogP contribution is -2.14. The molecule has 4 aromatic rings. The van der Waals surface area contributed by atoms with Crippen LogP contribution in [0.1, 0.15) is 62.1 Å². The van der Waals surface area contributed by atoms with Crippen LogP contribution < -0.4 is 9.47 Å². The van der Waals surface area contributed by atoms with E-state index in [9.17, 15) is 4.79 Å². The number of benzene rings is 3. The number of aromatic nitrogens is 2. The molecule has 4 rings (SSSR count). The Bertz CT molecular complexity index is 1530. The third kappa shape index (κ3) is 5.59. The minimum atomic E-state index is -0.408. The highest BCUT2D eigenvalue weighted by molar-refractivity contribution is 5.94. The van der Waals surface area contributed by atoms with Gasteiger partial charge in [0.05, 0.1) is 16.5 Å². The highest BCUT2D eigenvalue weighted by Gasteiger charge is 2.25. The first kappa shape index (κ1) is 28.0. The van der Waals surface area contributed by atoms with Crippen molar-refractivity contribution >= 4 is 16.9 Å². The Kier molecular flexibility index (Phi) is 8.51. The van der Waals surface area contributed by atoms with Crippen LogP contribution in [0.5, 0.6) is 17.4 Å². The average molecular weight is 529 g/mol. The Morgan fingerprint density at radius 1 is 0.897 bits per heavy atom. The average Bonchev–Trinajstić information content (AvgIpc) is 2.92. The van der Waals surface area contributed by atoms with E-state index in [-0.39, 0.29) is 6.79 Å². The van der Waals surface area contributed by atoms with E-state index in [0.717, 1.165) is 55.6 Å². The zero-order chi connectivity index (χ0) is 28.3. The normalized spacial score (nSPS) is 11.1. The fraction of sp³-hybridized carbons (Fsp3) is 0.344. The van der Waals surface area contributed by atoms with Crippen molar-refractivity contribution in [2.45, 2.75) is 61.5 Å². The van der Waals surface area contributed by atoms with Crippen molar-refractivity contribution in [3.05, 3.63) is 86.7 Å². The Balaban J connectivity index is 1.80. The standard InChI is InChI=1S/C32H36N2O5/c1-9-25-21(5)28(32(35)38-17-36-8)19(3)20(4)30(25)39-31-27-18(2)15-26(22(6)29(27)33-23(7)34-31)37-16-24-13-11-10-12-14-24/h10-15H,9,16-17H2,1-8H3. The molecular formula is C32H36N2O5. The first-order valence-corrected chi connectivity index (χ1v) is 13.1. The number of aryl methyl sites for hydroxylation is 3. The maximum Gasteiger partial charge on any atom is 0.340 e. The number of carbonyl (C=O) groups is 1. The number of carbonyl (C=O) groups excluding carboxylic acids is 1. The van der Waals surface area contributed by atoms with E-state index in [2.05, 4.69) is 0 Å². The Morgan fingerprint density at radius 2 is 1.62 bits per heavy atom. The van der Waals surface area contributed by atoms with E-state index in [1.807, 2.05) is 84.9 Å². The van der Waals surface area contributed by atoms with Crippen molar-refractivity contribution in [1.82, 2.24) is 9.97 Å². The highest BCUT2D eigenvalue weighted by atomic mass is 16.7. The highest BCUT2D eigenvalue weighted by Crippen LogP contribution is 2.40. The summed E-state index contributed by atoms with van der Waals surface area (Å²) in [5.74, 6) is 2.16. The molecule has 204 valence electrons. The lowest BCUT2D eigenvalue weighted by molar-refractivity contribution is -0.0126. The van der Waals surface area contributed by atoms with Gasteiger partial charge in [0.15, 0.2) is 6.79 Å². The summed E-state index contributed by atoms with van der Waals surface area (Å²) in [7, 11) is 1.49. The van der Waals surface area contributed by atoms with Gasteiger partial charge in [-0.3, -0.25) is 0 Å². The number of nitrogens with zero attached hydrogens (tertiary/aromatic N) is 2. The number of hydrogen-bond donors (Lipinski definition) is 0. The van der Waals surface area contributed by atoms with E-state index in [1.54, 1.807) is 0 Å². The maximum atomic E-state index is 12.8. The van der Waals surface area contributed by atoms with Crippen LogP contribution in [0.2, 0.25) is 0 Å². The van der Waals surface area contributed by atoms with Gasteiger partial charge in [-0.1, -0.05) is 37.3 Å². The molecule has 0 aliphatic heterocycles. The Labute approximate surface area is 230 Å². The first-order chi connectivity index (χ1) is 18.7. The minimum Gasteiger partial charge on any atom is -0.489 e. The molecule has 0 unspecified atom stereocenters. The second kappa shape index (κ2) is 11.8. The summed E-state index contributed by atoms with van der Waals surface area (Å²) in [4.78, 5) is 22.3. The van der Waals surface area contributed by atoms with E-state index in [4.69, 9.17) is 28.9 Å². The third-order valence-corrected chi connectivity index (χ3v) is 7.14. The molecule has 3 aromatic carbocycles. The van der Waals surface area contributed by atoms with Gasteiger partial charge in [0.1, 0.15) is 23.9 Å². The van der Waals surface area contributed by atoms with Gasteiger partial charge in [-0.25, -0.2) is 9.78 Å². The van der Waals surface area contributed by atoms with Crippen LogP contribution in [-0.4, -0.2) is 29.8 Å². The zero-order valence-electron chi connectivity index (χ0n) is 24.0. The van der Waals surface area contributed by atoms with Crippen LogP contribution in [0.3, 0.4) is 0 Å². The quantitative estimate of drug-likeness (QED) is 0.168. The van der Waals surface area contributed by atoms with Gasteiger partial charge in [0.2, 0.25) is 5.88 Å². The van der Waals surface area contributed by atoms with Crippen LogP contribution in [0, 0.1) is 41.5 Å². The van der Waals surface area contributed by atoms with Gasteiger partial charge in [-0.05, 0) is 87.4 Å². The minimum absolute atomic E-state index is 0.0989. The topological polar surface area (TPSA) is 79.8 Å². The van der Waals surface area contributed by atoms with Crippen LogP contribution in [-0.2, 0) is 22.5 Å². The number of ether oxygens (including phenoxy) is 4. The molecule has 0 bridgehead atoms. The number of fused-ring (bicyclic) bond motifs is 1. The molecule has 1 heterocycles. The van der Waals surface area contributed by atoms with Gasteiger partial charge in [0, 0.05) is 12.7 Å². The summed E-state index contributed by atoms with van der Waals surface area (Å²) in [6.07, 6.45) is 0.671. The van der Waals surface area contributed by atoms with Crippen LogP contribution >= 0.6 is 0 Å². The van der Waals surface area contributed by atoms with Crippen molar-refractivity contribution in [2.24, 2.45) is 0 Å². The van der Waals surface area contributed by atoms with E-state index in [0.29, 0.717) is 36.0 Å². The second-order valence-electron chi connectivity index (χ2n) is 9.74. The molecule has 0 amide bonds. The summed E-state index contributed by atoms with van der Waals surface area (Å²) in [6.45, 7) is 14.1. The molecule has 0 fully saturated rings. The molecule has 0 atom stereocenters. The summed E-state index contributed by atoms with van der Waals surface area (Å²) < 4.78 is 23.1. The molecule has 0 spiro atoms. The zero-order valence-corrected chi connectivity index (χ0v) is 24.0. The van der Waals surface area contributed by atoms with Crippen molar-refractivity contribution in [2.75, 3.05) is 13.9 Å². The fourth-order valence-corrected chi connectivity index (χ4v) is 4.96. The van der Waals surface area contributed by atoms with E-state index < -0.39 is 5.97 Å². The molecule has 0 saturated carbocycles. The van der Waals surface area contributed by atoms with E-state index in [1.165, 1.54) is 7.11 Å². The largest absolute Gasteiger partial charge is 0.489 e. The monoisotopic (exact) mass is 528 g/mol. The number of esters is 1. The SMILES string of the molecule is CCc1c(C)c(C(=O)OCOC)c(C)c(C)c1Oc1nc(C)nc2c(C)c(OCc3ccccc3)cc(C)c12. The molecule has 1 aromatic heterocycles. The smallest absolute Gasteiger partial charge is 0.340 e. The molecule has 0 N–H and O–H groups in total. The summed E-state index contributed by atoms with van der Waals surface area (Å²) in [5.41, 5.74) is 7.76. The van der Waals surface area contributed by atoms with Crippen molar-refractivity contribution in [3.8, 4) is 17.4 Å². The summed E-state index contributed by atoms with van der Waals surface area (Å²) >= 11 is 0. The second-order valence-corrected chi connectivity index (χ2v) is 9.74.